The van der Waals surface area contributed by atoms with Gasteiger partial charge in [-0.15, -0.1) is 0 Å². The van der Waals surface area contributed by atoms with Crippen LogP contribution in [-0.2, 0) is 11.3 Å². The predicted octanol–water partition coefficient (Wildman–Crippen LogP) is 4.76. The molecule has 0 saturated heterocycles. The van der Waals surface area contributed by atoms with Gasteiger partial charge in [0, 0.05) is 19.6 Å². The Labute approximate surface area is 223 Å². The summed E-state index contributed by atoms with van der Waals surface area (Å²) in [5.41, 5.74) is 5.10. The Balaban J connectivity index is 1.30. The molecule has 1 aromatic heterocycles. The quantitative estimate of drug-likeness (QED) is 0.373. The van der Waals surface area contributed by atoms with E-state index in [4.69, 9.17) is 0 Å². The highest BCUT2D eigenvalue weighted by Crippen LogP contribution is 2.29. The highest BCUT2D eigenvalue weighted by molar-refractivity contribution is 5.83. The second-order valence-electron chi connectivity index (χ2n) is 9.86. The molecule has 2 heterocycles. The third-order valence-corrected chi connectivity index (χ3v) is 6.98. The van der Waals surface area contributed by atoms with Gasteiger partial charge in [0.1, 0.15) is 12.4 Å². The summed E-state index contributed by atoms with van der Waals surface area (Å²) in [7, 11) is 0. The van der Waals surface area contributed by atoms with E-state index < -0.39 is 0 Å². The molecule has 1 unspecified atom stereocenters. The van der Waals surface area contributed by atoms with Gasteiger partial charge in [-0.2, -0.15) is 5.10 Å². The van der Waals surface area contributed by atoms with Gasteiger partial charge in [-0.1, -0.05) is 78.9 Å². The van der Waals surface area contributed by atoms with Gasteiger partial charge < -0.3 is 5.32 Å². The van der Waals surface area contributed by atoms with Crippen molar-refractivity contribution < 1.29 is 4.79 Å². The minimum absolute atomic E-state index is 0.00800. The predicted molar refractivity (Wildman–Crippen MR) is 150 cm³/mol. The summed E-state index contributed by atoms with van der Waals surface area (Å²) in [6.45, 7) is 5.83. The summed E-state index contributed by atoms with van der Waals surface area (Å²) in [6.07, 6.45) is 4.61. The monoisotopic (exact) mass is 507 g/mol. The molecule has 5 rings (SSSR count). The van der Waals surface area contributed by atoms with E-state index in [-0.39, 0.29) is 23.7 Å². The van der Waals surface area contributed by atoms with E-state index in [1.807, 2.05) is 86.6 Å². The van der Waals surface area contributed by atoms with Gasteiger partial charge in [-0.05, 0) is 54.7 Å². The lowest BCUT2D eigenvalue weighted by atomic mass is 9.96. The van der Waals surface area contributed by atoms with Crippen LogP contribution in [0.1, 0.15) is 49.0 Å². The Hall–Kier alpha value is -4.23. The Morgan fingerprint density at radius 1 is 0.947 bits per heavy atom. The molecule has 0 radical (unpaired) electrons. The summed E-state index contributed by atoms with van der Waals surface area (Å²) < 4.78 is 3.05. The van der Waals surface area contributed by atoms with Crippen molar-refractivity contribution in [3.05, 3.63) is 125 Å². The zero-order valence-corrected chi connectivity index (χ0v) is 21.8. The van der Waals surface area contributed by atoms with Gasteiger partial charge >= 0.3 is 5.69 Å². The number of carbonyl (C=O) groups excluding carboxylic acids is 1. The Morgan fingerprint density at radius 3 is 2.24 bits per heavy atom. The molecule has 0 fully saturated rings. The van der Waals surface area contributed by atoms with E-state index in [0.717, 1.165) is 35.3 Å². The van der Waals surface area contributed by atoms with Crippen LogP contribution in [-0.4, -0.2) is 38.2 Å². The summed E-state index contributed by atoms with van der Waals surface area (Å²) in [5, 5.41) is 7.35. The van der Waals surface area contributed by atoms with Crippen LogP contribution < -0.4 is 11.0 Å². The fourth-order valence-corrected chi connectivity index (χ4v) is 4.91. The molecule has 1 atom stereocenters. The summed E-state index contributed by atoms with van der Waals surface area (Å²) >= 11 is 0. The minimum atomic E-state index is -0.357. The van der Waals surface area contributed by atoms with Crippen LogP contribution >= 0.6 is 0 Å². The van der Waals surface area contributed by atoms with Gasteiger partial charge in [0.2, 0.25) is 5.91 Å². The molecule has 1 aliphatic heterocycles. The highest BCUT2D eigenvalue weighted by Gasteiger charge is 2.29. The average molecular weight is 508 g/mol. The summed E-state index contributed by atoms with van der Waals surface area (Å²) in [4.78, 5) is 28.2. The van der Waals surface area contributed by atoms with Crippen molar-refractivity contribution in [1.82, 2.24) is 24.6 Å². The van der Waals surface area contributed by atoms with Crippen molar-refractivity contribution in [1.29, 1.82) is 0 Å². The van der Waals surface area contributed by atoms with Gasteiger partial charge in [0.15, 0.2) is 0 Å². The number of nitrogens with one attached hydrogen (secondary N) is 1. The van der Waals surface area contributed by atoms with Crippen molar-refractivity contribution in [3.63, 3.8) is 0 Å². The maximum atomic E-state index is 13.4. The molecule has 0 saturated carbocycles. The minimum Gasteiger partial charge on any atom is -0.350 e. The first-order chi connectivity index (χ1) is 18.5. The number of carbonyl (C=O) groups is 1. The van der Waals surface area contributed by atoms with Crippen LogP contribution in [0, 0.1) is 0 Å². The maximum Gasteiger partial charge on any atom is 0.350 e. The molecule has 1 N–H and O–H groups in total. The number of hydrogen-bond donors (Lipinski definition) is 1. The van der Waals surface area contributed by atoms with E-state index in [9.17, 15) is 9.59 Å². The Bertz CT molecular complexity index is 1450. The number of nitrogens with zero attached hydrogens (tertiary/aromatic N) is 4. The molecule has 38 heavy (non-hydrogen) atoms. The second-order valence-corrected chi connectivity index (χ2v) is 9.86. The summed E-state index contributed by atoms with van der Waals surface area (Å²) in [5.74, 6) is 0.00800. The summed E-state index contributed by atoms with van der Waals surface area (Å²) in [6, 6.07) is 27.6. The highest BCUT2D eigenvalue weighted by atomic mass is 16.2. The molecule has 4 aromatic rings. The molecular formula is C31H33N5O2. The third-order valence-electron chi connectivity index (χ3n) is 6.98. The average Bonchev–Trinajstić information content (AvgIpc) is 3.35. The van der Waals surface area contributed by atoms with Crippen LogP contribution in [0.5, 0.6) is 0 Å². The third kappa shape index (κ3) is 5.53. The van der Waals surface area contributed by atoms with Crippen LogP contribution in [0.25, 0.3) is 11.3 Å². The van der Waals surface area contributed by atoms with Gasteiger partial charge in [-0.25, -0.2) is 14.0 Å². The van der Waals surface area contributed by atoms with Crippen LogP contribution in [0.2, 0.25) is 0 Å². The van der Waals surface area contributed by atoms with Crippen molar-refractivity contribution in [3.8, 4) is 5.69 Å². The molecule has 194 valence electrons. The molecule has 0 spiro atoms. The van der Waals surface area contributed by atoms with E-state index >= 15 is 0 Å². The lowest BCUT2D eigenvalue weighted by molar-refractivity contribution is -0.126. The van der Waals surface area contributed by atoms with Gasteiger partial charge in [0.05, 0.1) is 11.7 Å². The number of amides is 1. The second kappa shape index (κ2) is 11.4. The molecule has 3 aromatic carbocycles. The van der Waals surface area contributed by atoms with Crippen LogP contribution in [0.3, 0.4) is 0 Å². The number of aromatic nitrogens is 3. The standard InChI is InChI=1S/C31H33N5O2/c1-23(2)36-31(38)35(22-33-36)28-15-13-25(14-16-28)26-17-19-34(20-18-26)29(27-11-7-4-8-12-27)30(37)32-21-24-9-5-3-6-10-24/h3-17,22-23,29H,18-21H2,1-2H3,(H,32,37). The van der Waals surface area contributed by atoms with Crippen molar-refractivity contribution in [2.75, 3.05) is 13.1 Å². The normalized spacial score (nSPS) is 14.8. The molecule has 1 aliphatic rings. The van der Waals surface area contributed by atoms with Crippen LogP contribution in [0.15, 0.2) is 102 Å². The number of rotatable bonds is 8. The fraction of sp³-hybridized carbons (Fsp3) is 0.258. The first-order valence-corrected chi connectivity index (χ1v) is 13.1. The molecule has 0 bridgehead atoms. The largest absolute Gasteiger partial charge is 0.350 e. The lowest BCUT2D eigenvalue weighted by Gasteiger charge is -2.33. The van der Waals surface area contributed by atoms with E-state index in [1.54, 1.807) is 10.9 Å². The molecular weight excluding hydrogens is 474 g/mol. The molecule has 0 aliphatic carbocycles. The van der Waals surface area contributed by atoms with Crippen molar-refractivity contribution in [2.24, 2.45) is 0 Å². The topological polar surface area (TPSA) is 72.2 Å². The van der Waals surface area contributed by atoms with Gasteiger partial charge in [0.25, 0.3) is 0 Å². The SMILES string of the molecule is CC(C)n1ncn(-c2ccc(C3=CCN(C(C(=O)NCc4ccccc4)c4ccccc4)CC3)cc2)c1=O. The molecule has 7 nitrogen and oxygen atoms in total. The van der Waals surface area contributed by atoms with E-state index in [2.05, 4.69) is 33.5 Å². The van der Waals surface area contributed by atoms with Crippen LogP contribution in [0.4, 0.5) is 0 Å². The zero-order chi connectivity index (χ0) is 26.5. The first-order valence-electron chi connectivity index (χ1n) is 13.1. The number of benzene rings is 3. The van der Waals surface area contributed by atoms with E-state index in [1.165, 1.54) is 10.3 Å². The zero-order valence-electron chi connectivity index (χ0n) is 21.8. The first kappa shape index (κ1) is 25.4. The van der Waals surface area contributed by atoms with Crippen molar-refractivity contribution >= 4 is 11.5 Å². The Kier molecular flexibility index (Phi) is 7.65. The number of hydrogen-bond acceptors (Lipinski definition) is 4. The Morgan fingerprint density at radius 2 is 1.63 bits per heavy atom. The van der Waals surface area contributed by atoms with E-state index in [0.29, 0.717) is 13.1 Å². The fourth-order valence-electron chi connectivity index (χ4n) is 4.91. The smallest absolute Gasteiger partial charge is 0.350 e. The van der Waals surface area contributed by atoms with Gasteiger partial charge in [-0.3, -0.25) is 9.69 Å². The lowest BCUT2D eigenvalue weighted by Crippen LogP contribution is -2.42. The maximum absolute atomic E-state index is 13.4. The molecule has 7 heteroatoms. The van der Waals surface area contributed by atoms with Crippen molar-refractivity contribution in [2.45, 2.75) is 38.9 Å². The molecule has 1 amide bonds.